The molecule has 2 saturated heterocycles. The number of piperidine rings is 1. The summed E-state index contributed by atoms with van der Waals surface area (Å²) in [7, 11) is 0. The number of amides is 2. The summed E-state index contributed by atoms with van der Waals surface area (Å²) in [6.07, 6.45) is 2.77. The van der Waals surface area contributed by atoms with Crippen LogP contribution in [0.3, 0.4) is 0 Å². The summed E-state index contributed by atoms with van der Waals surface area (Å²) in [5.41, 5.74) is -0.475. The Hall–Kier alpha value is -1.39. The van der Waals surface area contributed by atoms with Gasteiger partial charge in [-0.05, 0) is 19.3 Å². The van der Waals surface area contributed by atoms with Crippen molar-refractivity contribution >= 4 is 17.8 Å². The number of carbonyl (C=O) groups excluding carboxylic acids is 3. The molecule has 5 nitrogen and oxygen atoms in total. The van der Waals surface area contributed by atoms with Crippen molar-refractivity contribution in [3.8, 4) is 0 Å². The van der Waals surface area contributed by atoms with E-state index in [9.17, 15) is 14.4 Å². The van der Waals surface area contributed by atoms with Crippen LogP contribution in [0.2, 0.25) is 0 Å². The van der Waals surface area contributed by atoms with Gasteiger partial charge in [0.25, 0.3) is 0 Å². The molecule has 0 aromatic rings. The van der Waals surface area contributed by atoms with Crippen LogP contribution in [0, 0.1) is 5.41 Å². The first-order valence-electron chi connectivity index (χ1n) is 6.59. The highest BCUT2D eigenvalue weighted by molar-refractivity contribution is 6.04. The monoisotopic (exact) mass is 253 g/mol. The topological polar surface area (TPSA) is 63.7 Å². The Labute approximate surface area is 106 Å². The van der Waals surface area contributed by atoms with Crippen LogP contribution in [0.25, 0.3) is 0 Å². The highest BCUT2D eigenvalue weighted by Crippen LogP contribution is 2.39. The number of likely N-dealkylation sites (tertiary alicyclic amines) is 1. The Morgan fingerprint density at radius 2 is 1.94 bits per heavy atom. The summed E-state index contributed by atoms with van der Waals surface area (Å²) >= 11 is 0. The molecule has 1 atom stereocenters. The minimum Gasteiger partial charge on any atom is -0.464 e. The van der Waals surface area contributed by atoms with Gasteiger partial charge >= 0.3 is 5.97 Å². The zero-order chi connectivity index (χ0) is 13.3. The number of carbonyl (C=O) groups is 3. The van der Waals surface area contributed by atoms with Crippen molar-refractivity contribution < 1.29 is 19.1 Å². The van der Waals surface area contributed by atoms with Crippen LogP contribution in [-0.4, -0.2) is 35.3 Å². The van der Waals surface area contributed by atoms with Gasteiger partial charge in [0, 0.05) is 18.3 Å². The molecule has 100 valence electrons. The molecule has 0 aliphatic carbocycles. The van der Waals surface area contributed by atoms with Gasteiger partial charge in [-0.2, -0.15) is 0 Å². The number of nitrogens with zero attached hydrogens (tertiary/aromatic N) is 1. The SMILES string of the molecule is CCC1(CC)CCC(=O)N(C2CCOC2=O)C1=O. The quantitative estimate of drug-likeness (QED) is 0.561. The van der Waals surface area contributed by atoms with E-state index in [1.807, 2.05) is 13.8 Å². The van der Waals surface area contributed by atoms with Crippen LogP contribution in [-0.2, 0) is 19.1 Å². The first-order valence-corrected chi connectivity index (χ1v) is 6.59. The Balaban J connectivity index is 2.29. The lowest BCUT2D eigenvalue weighted by molar-refractivity contribution is -0.165. The Bertz CT molecular complexity index is 386. The minimum absolute atomic E-state index is 0.187. The molecule has 0 bridgehead atoms. The minimum atomic E-state index is -0.692. The van der Waals surface area contributed by atoms with Gasteiger partial charge in [-0.25, -0.2) is 4.79 Å². The van der Waals surface area contributed by atoms with Crippen LogP contribution < -0.4 is 0 Å². The van der Waals surface area contributed by atoms with Crippen molar-refractivity contribution in [1.82, 2.24) is 4.90 Å². The van der Waals surface area contributed by atoms with Crippen LogP contribution in [0.1, 0.15) is 46.0 Å². The fourth-order valence-electron chi connectivity index (χ4n) is 2.88. The molecule has 0 aromatic carbocycles. The summed E-state index contributed by atoms with van der Waals surface area (Å²) in [4.78, 5) is 37.3. The fraction of sp³-hybridized carbons (Fsp3) is 0.769. The fourth-order valence-corrected chi connectivity index (χ4v) is 2.88. The van der Waals surface area contributed by atoms with Gasteiger partial charge in [-0.3, -0.25) is 14.5 Å². The van der Waals surface area contributed by atoms with Crippen molar-refractivity contribution in [2.24, 2.45) is 5.41 Å². The van der Waals surface area contributed by atoms with Crippen molar-refractivity contribution in [3.05, 3.63) is 0 Å². The maximum Gasteiger partial charge on any atom is 0.329 e. The van der Waals surface area contributed by atoms with Gasteiger partial charge in [0.2, 0.25) is 11.8 Å². The molecule has 0 saturated carbocycles. The van der Waals surface area contributed by atoms with Crippen LogP contribution >= 0.6 is 0 Å². The molecule has 18 heavy (non-hydrogen) atoms. The maximum absolute atomic E-state index is 12.5. The number of hydrogen-bond donors (Lipinski definition) is 0. The number of imide groups is 1. The molecule has 1 unspecified atom stereocenters. The van der Waals surface area contributed by atoms with Gasteiger partial charge in [-0.1, -0.05) is 13.8 Å². The van der Waals surface area contributed by atoms with Crippen molar-refractivity contribution in [2.45, 2.75) is 52.0 Å². The maximum atomic E-state index is 12.5. The average Bonchev–Trinajstić information content (AvgIpc) is 2.77. The number of esters is 1. The smallest absolute Gasteiger partial charge is 0.329 e. The summed E-state index contributed by atoms with van der Waals surface area (Å²) in [5.74, 6) is -0.867. The van der Waals surface area contributed by atoms with Gasteiger partial charge in [0.05, 0.1) is 6.61 Å². The molecule has 2 aliphatic rings. The second-order valence-corrected chi connectivity index (χ2v) is 5.03. The summed E-state index contributed by atoms with van der Waals surface area (Å²) in [6, 6.07) is -0.692. The van der Waals surface area contributed by atoms with Gasteiger partial charge < -0.3 is 4.74 Å². The highest BCUT2D eigenvalue weighted by Gasteiger charge is 2.49. The summed E-state index contributed by atoms with van der Waals surface area (Å²) in [6.45, 7) is 4.22. The van der Waals surface area contributed by atoms with Crippen LogP contribution in [0.15, 0.2) is 0 Å². The second kappa shape index (κ2) is 4.71. The largest absolute Gasteiger partial charge is 0.464 e. The van der Waals surface area contributed by atoms with E-state index in [4.69, 9.17) is 4.74 Å². The third kappa shape index (κ3) is 1.82. The molecule has 2 heterocycles. The third-order valence-corrected chi connectivity index (χ3v) is 4.33. The van der Waals surface area contributed by atoms with Crippen LogP contribution in [0.4, 0.5) is 0 Å². The highest BCUT2D eigenvalue weighted by atomic mass is 16.5. The van der Waals surface area contributed by atoms with Gasteiger partial charge in [0.1, 0.15) is 6.04 Å². The normalized spacial score (nSPS) is 27.6. The van der Waals surface area contributed by atoms with E-state index in [1.165, 1.54) is 4.90 Å². The standard InChI is InChI=1S/C13H19NO4/c1-3-13(4-2)7-5-10(15)14(12(13)17)9-6-8-18-11(9)16/h9H,3-8H2,1-2H3. The van der Waals surface area contributed by atoms with E-state index < -0.39 is 17.4 Å². The molecule has 0 spiro atoms. The third-order valence-electron chi connectivity index (χ3n) is 4.33. The molecule has 5 heteroatoms. The molecule has 2 amide bonds. The zero-order valence-corrected chi connectivity index (χ0v) is 10.9. The Kier molecular flexibility index (Phi) is 3.41. The predicted octanol–water partition coefficient (Wildman–Crippen LogP) is 1.26. The van der Waals surface area contributed by atoms with Crippen LogP contribution in [0.5, 0.6) is 0 Å². The first kappa shape index (κ1) is 13.1. The van der Waals surface area contributed by atoms with Crippen molar-refractivity contribution in [1.29, 1.82) is 0 Å². The summed E-state index contributed by atoms with van der Waals surface area (Å²) in [5, 5.41) is 0. The number of rotatable bonds is 3. The summed E-state index contributed by atoms with van der Waals surface area (Å²) < 4.78 is 4.87. The van der Waals surface area contributed by atoms with E-state index >= 15 is 0 Å². The molecule has 0 aromatic heterocycles. The van der Waals surface area contributed by atoms with Gasteiger partial charge in [0.15, 0.2) is 0 Å². The van der Waals surface area contributed by atoms with Crippen molar-refractivity contribution in [3.63, 3.8) is 0 Å². The molecule has 0 N–H and O–H groups in total. The lowest BCUT2D eigenvalue weighted by Gasteiger charge is -2.40. The van der Waals surface area contributed by atoms with E-state index in [1.54, 1.807) is 0 Å². The van der Waals surface area contributed by atoms with E-state index in [-0.39, 0.29) is 11.8 Å². The molecular weight excluding hydrogens is 234 g/mol. The van der Waals surface area contributed by atoms with Gasteiger partial charge in [-0.15, -0.1) is 0 Å². The molecule has 2 aliphatic heterocycles. The zero-order valence-electron chi connectivity index (χ0n) is 10.9. The molecule has 2 rings (SSSR count). The predicted molar refractivity (Wildman–Crippen MR) is 63.5 cm³/mol. The molecule has 0 radical (unpaired) electrons. The lowest BCUT2D eigenvalue weighted by Crippen LogP contribution is -2.56. The van der Waals surface area contributed by atoms with E-state index in [0.29, 0.717) is 38.7 Å². The Morgan fingerprint density at radius 1 is 1.28 bits per heavy atom. The lowest BCUT2D eigenvalue weighted by atomic mass is 9.74. The van der Waals surface area contributed by atoms with E-state index in [0.717, 1.165) is 0 Å². The van der Waals surface area contributed by atoms with E-state index in [2.05, 4.69) is 0 Å². The second-order valence-electron chi connectivity index (χ2n) is 5.03. The number of ether oxygens (including phenoxy) is 1. The Morgan fingerprint density at radius 3 is 2.44 bits per heavy atom. The first-order chi connectivity index (χ1) is 8.55. The molecular formula is C13H19NO4. The average molecular weight is 253 g/mol. The number of hydrogen-bond acceptors (Lipinski definition) is 4. The number of cyclic esters (lactones) is 1. The molecule has 2 fully saturated rings. The van der Waals surface area contributed by atoms with Crippen molar-refractivity contribution in [2.75, 3.05) is 6.61 Å².